The summed E-state index contributed by atoms with van der Waals surface area (Å²) in [4.78, 5) is 10.0. The van der Waals surface area contributed by atoms with Crippen molar-refractivity contribution < 1.29 is 9.53 Å². The summed E-state index contributed by atoms with van der Waals surface area (Å²) < 4.78 is 4.91. The Morgan fingerprint density at radius 2 is 2.44 bits per heavy atom. The average molecular weight is 132 g/mol. The summed E-state index contributed by atoms with van der Waals surface area (Å²) in [5, 5.41) is 2.39. The van der Waals surface area contributed by atoms with E-state index >= 15 is 0 Å². The van der Waals surface area contributed by atoms with Crippen molar-refractivity contribution in [3.8, 4) is 0 Å². The molecule has 0 aromatic carbocycles. The van der Waals surface area contributed by atoms with Crippen LogP contribution in [0.25, 0.3) is 0 Å². The molecule has 0 aliphatic rings. The Bertz CT molecular complexity index is 85.0. The highest BCUT2D eigenvalue weighted by Crippen LogP contribution is 1.68. The quantitative estimate of drug-likeness (QED) is 0.515. The molecular formula is C5H12N2O2. The topological polar surface area (TPSA) is 64.3 Å². The minimum Gasteiger partial charge on any atom is -0.380 e. The van der Waals surface area contributed by atoms with E-state index in [4.69, 9.17) is 10.5 Å². The van der Waals surface area contributed by atoms with Gasteiger partial charge in [-0.15, -0.1) is 0 Å². The second-order valence-corrected chi connectivity index (χ2v) is 1.49. The molecule has 0 spiro atoms. The Labute approximate surface area is 54.4 Å². The molecule has 4 heteroatoms. The van der Waals surface area contributed by atoms with Crippen LogP contribution in [0, 0.1) is 0 Å². The van der Waals surface area contributed by atoms with Gasteiger partial charge in [0.05, 0.1) is 6.61 Å². The molecule has 0 aromatic rings. The van der Waals surface area contributed by atoms with Gasteiger partial charge in [0.1, 0.15) is 0 Å². The fraction of sp³-hybridized carbons (Fsp3) is 0.800. The van der Waals surface area contributed by atoms with Crippen molar-refractivity contribution in [3.05, 3.63) is 0 Å². The van der Waals surface area contributed by atoms with E-state index in [-0.39, 0.29) is 0 Å². The molecule has 0 atom stereocenters. The lowest BCUT2D eigenvalue weighted by atomic mass is 10.7. The minimum absolute atomic E-state index is 0.489. The number of hydrogen-bond acceptors (Lipinski definition) is 2. The Hall–Kier alpha value is -0.770. The van der Waals surface area contributed by atoms with Gasteiger partial charge in [-0.05, 0) is 6.92 Å². The molecule has 0 rings (SSSR count). The van der Waals surface area contributed by atoms with E-state index in [1.165, 1.54) is 0 Å². The molecule has 0 radical (unpaired) electrons. The predicted octanol–water partition coefficient (Wildman–Crippen LogP) is -0.309. The summed E-state index contributed by atoms with van der Waals surface area (Å²) in [6.07, 6.45) is 0. The molecule has 54 valence electrons. The SMILES string of the molecule is CCOCCNC(N)=O. The highest BCUT2D eigenvalue weighted by Gasteiger charge is 1.87. The van der Waals surface area contributed by atoms with Crippen LogP contribution in [0.5, 0.6) is 0 Å². The summed E-state index contributed by atoms with van der Waals surface area (Å²) in [7, 11) is 0. The van der Waals surface area contributed by atoms with E-state index in [1.807, 2.05) is 6.92 Å². The first-order chi connectivity index (χ1) is 4.27. The van der Waals surface area contributed by atoms with Gasteiger partial charge in [-0.3, -0.25) is 0 Å². The number of carbonyl (C=O) groups excluding carboxylic acids is 1. The zero-order chi connectivity index (χ0) is 7.11. The van der Waals surface area contributed by atoms with Gasteiger partial charge in [0.15, 0.2) is 0 Å². The fourth-order valence-corrected chi connectivity index (χ4v) is 0.391. The van der Waals surface area contributed by atoms with E-state index in [2.05, 4.69) is 5.32 Å². The van der Waals surface area contributed by atoms with Crippen LogP contribution in [0.4, 0.5) is 4.79 Å². The number of carbonyl (C=O) groups is 1. The molecule has 4 nitrogen and oxygen atoms in total. The van der Waals surface area contributed by atoms with Gasteiger partial charge in [0.2, 0.25) is 0 Å². The molecule has 0 bridgehead atoms. The smallest absolute Gasteiger partial charge is 0.312 e. The second kappa shape index (κ2) is 5.37. The molecule has 9 heavy (non-hydrogen) atoms. The Kier molecular flexibility index (Phi) is 4.91. The molecule has 0 aliphatic heterocycles. The number of nitrogens with two attached hydrogens (primary N) is 1. The van der Waals surface area contributed by atoms with Crippen LogP contribution in [0.15, 0.2) is 0 Å². The van der Waals surface area contributed by atoms with Crippen molar-refractivity contribution in [3.63, 3.8) is 0 Å². The normalized spacial score (nSPS) is 9.00. The zero-order valence-corrected chi connectivity index (χ0v) is 5.52. The number of primary amides is 1. The lowest BCUT2D eigenvalue weighted by Crippen LogP contribution is -2.32. The first-order valence-electron chi connectivity index (χ1n) is 2.88. The standard InChI is InChI=1S/C5H12N2O2/c1-2-9-4-3-7-5(6)8/h2-4H2,1H3,(H3,6,7,8). The maximum absolute atomic E-state index is 10.0. The van der Waals surface area contributed by atoms with Crippen molar-refractivity contribution in [1.82, 2.24) is 5.32 Å². The van der Waals surface area contributed by atoms with Crippen LogP contribution in [0.3, 0.4) is 0 Å². The van der Waals surface area contributed by atoms with E-state index < -0.39 is 6.03 Å². The number of rotatable bonds is 4. The molecule has 0 fully saturated rings. The lowest BCUT2D eigenvalue weighted by Gasteiger charge is -1.99. The van der Waals surface area contributed by atoms with Crippen LogP contribution in [0.1, 0.15) is 6.92 Å². The number of nitrogens with one attached hydrogen (secondary N) is 1. The van der Waals surface area contributed by atoms with Crippen LogP contribution in [0.2, 0.25) is 0 Å². The molecule has 0 saturated carbocycles. The first-order valence-corrected chi connectivity index (χ1v) is 2.88. The van der Waals surface area contributed by atoms with Crippen molar-refractivity contribution >= 4 is 6.03 Å². The molecule has 0 heterocycles. The van der Waals surface area contributed by atoms with Crippen LogP contribution in [-0.4, -0.2) is 25.8 Å². The molecule has 3 N–H and O–H groups in total. The van der Waals surface area contributed by atoms with Gasteiger partial charge >= 0.3 is 6.03 Å². The largest absolute Gasteiger partial charge is 0.380 e. The van der Waals surface area contributed by atoms with Crippen LogP contribution < -0.4 is 11.1 Å². The molecule has 2 amide bonds. The van der Waals surface area contributed by atoms with Gasteiger partial charge in [0, 0.05) is 13.2 Å². The van der Waals surface area contributed by atoms with Gasteiger partial charge in [-0.25, -0.2) is 4.79 Å². The zero-order valence-electron chi connectivity index (χ0n) is 5.52. The molecule has 0 aromatic heterocycles. The lowest BCUT2D eigenvalue weighted by molar-refractivity contribution is 0.150. The summed E-state index contributed by atoms with van der Waals surface area (Å²) in [5.74, 6) is 0. The monoisotopic (exact) mass is 132 g/mol. The summed E-state index contributed by atoms with van der Waals surface area (Å²) in [6, 6.07) is -0.505. The third-order valence-electron chi connectivity index (χ3n) is 0.750. The molecule has 0 unspecified atom stereocenters. The van der Waals surface area contributed by atoms with Gasteiger partial charge < -0.3 is 15.8 Å². The first kappa shape index (κ1) is 8.23. The molecule has 0 aliphatic carbocycles. The van der Waals surface area contributed by atoms with Crippen molar-refractivity contribution in [1.29, 1.82) is 0 Å². The van der Waals surface area contributed by atoms with Crippen LogP contribution >= 0.6 is 0 Å². The van der Waals surface area contributed by atoms with E-state index in [1.54, 1.807) is 0 Å². The third-order valence-corrected chi connectivity index (χ3v) is 0.750. The molecule has 0 saturated heterocycles. The van der Waals surface area contributed by atoms with Gasteiger partial charge in [-0.1, -0.05) is 0 Å². The maximum atomic E-state index is 10.0. The summed E-state index contributed by atoms with van der Waals surface area (Å²) in [5.41, 5.74) is 4.77. The molecular weight excluding hydrogens is 120 g/mol. The van der Waals surface area contributed by atoms with E-state index in [9.17, 15) is 4.79 Å². The summed E-state index contributed by atoms with van der Waals surface area (Å²) in [6.45, 7) is 3.58. The van der Waals surface area contributed by atoms with Crippen LogP contribution in [-0.2, 0) is 4.74 Å². The van der Waals surface area contributed by atoms with Crippen molar-refractivity contribution in [2.45, 2.75) is 6.92 Å². The number of urea groups is 1. The third kappa shape index (κ3) is 7.23. The fourth-order valence-electron chi connectivity index (χ4n) is 0.391. The highest BCUT2D eigenvalue weighted by molar-refractivity contribution is 5.71. The number of ether oxygens (including phenoxy) is 1. The average Bonchev–Trinajstić information content (AvgIpc) is 1.80. The minimum atomic E-state index is -0.505. The Morgan fingerprint density at radius 1 is 1.78 bits per heavy atom. The van der Waals surface area contributed by atoms with Gasteiger partial charge in [-0.2, -0.15) is 0 Å². The Morgan fingerprint density at radius 3 is 2.89 bits per heavy atom. The number of amides is 2. The van der Waals surface area contributed by atoms with Crippen molar-refractivity contribution in [2.75, 3.05) is 19.8 Å². The Balaban J connectivity index is 2.83. The highest BCUT2D eigenvalue weighted by atomic mass is 16.5. The number of hydrogen-bond donors (Lipinski definition) is 2. The van der Waals surface area contributed by atoms with E-state index in [0.717, 1.165) is 0 Å². The van der Waals surface area contributed by atoms with E-state index in [0.29, 0.717) is 19.8 Å². The van der Waals surface area contributed by atoms with Gasteiger partial charge in [0.25, 0.3) is 0 Å². The predicted molar refractivity (Wildman–Crippen MR) is 34.1 cm³/mol. The van der Waals surface area contributed by atoms with Crippen molar-refractivity contribution in [2.24, 2.45) is 5.73 Å². The second-order valence-electron chi connectivity index (χ2n) is 1.49. The summed E-state index contributed by atoms with van der Waals surface area (Å²) >= 11 is 0. The maximum Gasteiger partial charge on any atom is 0.312 e.